The van der Waals surface area contributed by atoms with Gasteiger partial charge in [0.2, 0.25) is 5.91 Å². The summed E-state index contributed by atoms with van der Waals surface area (Å²) in [6.45, 7) is 0. The number of hydrogen-bond acceptors (Lipinski definition) is 7. The van der Waals surface area contributed by atoms with Gasteiger partial charge in [0.05, 0.1) is 30.2 Å². The summed E-state index contributed by atoms with van der Waals surface area (Å²) in [5.74, 6) is -0.0313. The van der Waals surface area contributed by atoms with Crippen LogP contribution in [-0.4, -0.2) is 41.4 Å². The Hall–Kier alpha value is -3.33. The number of carbonyl (C=O) groups excluding carboxylic acids is 3. The highest BCUT2D eigenvalue weighted by Gasteiger charge is 2.15. The molecule has 2 amide bonds. The van der Waals surface area contributed by atoms with Crippen molar-refractivity contribution in [2.45, 2.75) is 6.42 Å². The number of fused-ring (bicyclic) bond motifs is 1. The maximum Gasteiger partial charge on any atom is 0.315 e. The van der Waals surface area contributed by atoms with Gasteiger partial charge in [0.15, 0.2) is 5.76 Å². The number of esters is 1. The molecule has 150 valence electrons. The summed E-state index contributed by atoms with van der Waals surface area (Å²) in [5, 5.41) is 0.656. The van der Waals surface area contributed by atoms with Crippen LogP contribution in [-0.2, 0) is 14.3 Å². The molecule has 29 heavy (non-hydrogen) atoms. The number of amides is 2. The predicted octanol–water partition coefficient (Wildman–Crippen LogP) is 2.55. The molecule has 0 atom stereocenters. The van der Waals surface area contributed by atoms with E-state index in [1.165, 1.54) is 25.1 Å². The van der Waals surface area contributed by atoms with Gasteiger partial charge in [-0.05, 0) is 24.3 Å². The summed E-state index contributed by atoms with van der Waals surface area (Å²) in [6, 6.07) is 12.3. The number of nitrogens with one attached hydrogen (secondary N) is 2. The molecule has 2 N–H and O–H groups in total. The van der Waals surface area contributed by atoms with E-state index in [0.29, 0.717) is 33.7 Å². The lowest BCUT2D eigenvalue weighted by Gasteiger charge is -2.10. The average Bonchev–Trinajstić information content (AvgIpc) is 3.29. The first-order valence-corrected chi connectivity index (χ1v) is 9.91. The van der Waals surface area contributed by atoms with Gasteiger partial charge in [-0.2, -0.15) is 0 Å². The molecule has 3 rings (SSSR count). The zero-order chi connectivity index (χ0) is 20.6. The molecular weight excluding hydrogens is 394 g/mol. The lowest BCUT2D eigenvalue weighted by Crippen LogP contribution is -2.41. The van der Waals surface area contributed by atoms with E-state index in [0.717, 1.165) is 0 Å². The zero-order valence-corrected chi connectivity index (χ0v) is 16.5. The van der Waals surface area contributed by atoms with Crippen LogP contribution in [0.25, 0.3) is 22.4 Å². The van der Waals surface area contributed by atoms with Crippen LogP contribution in [0.5, 0.6) is 0 Å². The number of benzene rings is 1. The van der Waals surface area contributed by atoms with E-state index in [-0.39, 0.29) is 24.1 Å². The second-order valence-corrected chi connectivity index (χ2v) is 7.04. The Morgan fingerprint density at radius 2 is 1.97 bits per heavy atom. The Kier molecular flexibility index (Phi) is 6.85. The quantitative estimate of drug-likeness (QED) is 0.348. The Bertz CT molecular complexity index is 1020. The Labute approximate surface area is 171 Å². The van der Waals surface area contributed by atoms with E-state index in [4.69, 9.17) is 4.42 Å². The second-order valence-electron chi connectivity index (χ2n) is 5.93. The Balaban J connectivity index is 1.66. The van der Waals surface area contributed by atoms with Crippen LogP contribution in [0.4, 0.5) is 0 Å². The van der Waals surface area contributed by atoms with Crippen LogP contribution in [0.2, 0.25) is 0 Å². The fourth-order valence-corrected chi connectivity index (χ4v) is 3.31. The van der Waals surface area contributed by atoms with Crippen LogP contribution in [0, 0.1) is 0 Å². The van der Waals surface area contributed by atoms with Gasteiger partial charge >= 0.3 is 5.97 Å². The van der Waals surface area contributed by atoms with Crippen molar-refractivity contribution in [1.82, 2.24) is 15.8 Å². The van der Waals surface area contributed by atoms with Crippen molar-refractivity contribution in [2.24, 2.45) is 0 Å². The zero-order valence-electron chi connectivity index (χ0n) is 15.6. The average molecular weight is 413 g/mol. The third kappa shape index (κ3) is 5.35. The Morgan fingerprint density at radius 3 is 2.72 bits per heavy atom. The van der Waals surface area contributed by atoms with Gasteiger partial charge in [-0.1, -0.05) is 18.2 Å². The summed E-state index contributed by atoms with van der Waals surface area (Å²) in [5.41, 5.74) is 6.33. The lowest BCUT2D eigenvalue weighted by atomic mass is 10.1. The largest absolute Gasteiger partial charge is 0.468 e. The molecule has 1 aromatic carbocycles. The number of hydrazine groups is 1. The van der Waals surface area contributed by atoms with E-state index in [2.05, 4.69) is 20.6 Å². The van der Waals surface area contributed by atoms with Crippen molar-refractivity contribution < 1.29 is 23.5 Å². The number of thioether (sulfide) groups is 1. The first-order valence-electron chi connectivity index (χ1n) is 8.76. The molecule has 0 saturated heterocycles. The minimum absolute atomic E-state index is 0.149. The standard InChI is InChI=1S/C20H19N3O5S/c1-27-19(25)12-29-10-8-18(24)22-23-20(26)14-11-16(17-7-4-9-28-17)21-15-6-3-2-5-13(14)15/h2-7,9,11H,8,10,12H2,1H3,(H,22,24)(H,23,26). The number of aromatic nitrogens is 1. The van der Waals surface area contributed by atoms with E-state index in [1.54, 1.807) is 30.3 Å². The maximum atomic E-state index is 12.7. The third-order valence-corrected chi connectivity index (χ3v) is 4.90. The molecule has 0 aliphatic heterocycles. The lowest BCUT2D eigenvalue weighted by molar-refractivity contribution is -0.137. The fourth-order valence-electron chi connectivity index (χ4n) is 2.55. The molecule has 9 heteroatoms. The minimum atomic E-state index is -0.466. The predicted molar refractivity (Wildman–Crippen MR) is 109 cm³/mol. The van der Waals surface area contributed by atoms with Crippen molar-refractivity contribution in [1.29, 1.82) is 0 Å². The maximum absolute atomic E-state index is 12.7. The number of ether oxygens (including phenoxy) is 1. The number of furan rings is 1. The monoisotopic (exact) mass is 413 g/mol. The van der Waals surface area contributed by atoms with Gasteiger partial charge in [0.25, 0.3) is 5.91 Å². The number of rotatable bonds is 7. The normalized spacial score (nSPS) is 10.5. The summed E-state index contributed by atoms with van der Waals surface area (Å²) in [4.78, 5) is 40.2. The number of nitrogens with zero attached hydrogens (tertiary/aromatic N) is 1. The van der Waals surface area contributed by atoms with E-state index < -0.39 is 5.91 Å². The molecule has 2 heterocycles. The molecule has 0 aliphatic rings. The number of para-hydroxylation sites is 1. The SMILES string of the molecule is COC(=O)CSCCC(=O)NNC(=O)c1cc(-c2ccco2)nc2ccccc12. The fraction of sp³-hybridized carbons (Fsp3) is 0.200. The second kappa shape index (κ2) is 9.74. The van der Waals surface area contributed by atoms with Crippen LogP contribution in [0.1, 0.15) is 16.8 Å². The van der Waals surface area contributed by atoms with Gasteiger partial charge in [0.1, 0.15) is 5.69 Å². The van der Waals surface area contributed by atoms with Crippen molar-refractivity contribution in [2.75, 3.05) is 18.6 Å². The topological polar surface area (TPSA) is 111 Å². The molecule has 0 fully saturated rings. The van der Waals surface area contributed by atoms with Crippen molar-refractivity contribution >= 4 is 40.4 Å². The summed E-state index contributed by atoms with van der Waals surface area (Å²) in [6.07, 6.45) is 1.68. The van der Waals surface area contributed by atoms with E-state index in [9.17, 15) is 14.4 Å². The number of hydrogen-bond donors (Lipinski definition) is 2. The van der Waals surface area contributed by atoms with Gasteiger partial charge < -0.3 is 9.15 Å². The first-order chi connectivity index (χ1) is 14.1. The van der Waals surface area contributed by atoms with E-state index >= 15 is 0 Å². The van der Waals surface area contributed by atoms with Crippen LogP contribution < -0.4 is 10.9 Å². The molecule has 0 saturated carbocycles. The first kappa shape index (κ1) is 20.4. The van der Waals surface area contributed by atoms with Gasteiger partial charge in [-0.15, -0.1) is 11.8 Å². The highest BCUT2D eigenvalue weighted by Crippen LogP contribution is 2.25. The molecule has 0 unspecified atom stereocenters. The number of carbonyl (C=O) groups is 3. The summed E-state index contributed by atoms with van der Waals surface area (Å²) >= 11 is 1.28. The van der Waals surface area contributed by atoms with Gasteiger partial charge in [-0.25, -0.2) is 4.98 Å². The molecule has 8 nitrogen and oxygen atoms in total. The highest BCUT2D eigenvalue weighted by molar-refractivity contribution is 7.99. The van der Waals surface area contributed by atoms with Crippen LogP contribution in [0.3, 0.4) is 0 Å². The summed E-state index contributed by atoms with van der Waals surface area (Å²) < 4.78 is 9.91. The molecule has 3 aromatic rings. The van der Waals surface area contributed by atoms with Gasteiger partial charge in [-0.3, -0.25) is 25.2 Å². The van der Waals surface area contributed by atoms with Crippen molar-refractivity contribution in [3.63, 3.8) is 0 Å². The molecular formula is C20H19N3O5S. The molecule has 0 spiro atoms. The van der Waals surface area contributed by atoms with Gasteiger partial charge in [0, 0.05) is 17.6 Å². The summed E-state index contributed by atoms with van der Waals surface area (Å²) in [7, 11) is 1.31. The smallest absolute Gasteiger partial charge is 0.315 e. The van der Waals surface area contributed by atoms with Crippen LogP contribution in [0.15, 0.2) is 53.1 Å². The van der Waals surface area contributed by atoms with E-state index in [1.807, 2.05) is 12.1 Å². The molecule has 0 radical (unpaired) electrons. The molecule has 0 bridgehead atoms. The molecule has 2 aromatic heterocycles. The number of methoxy groups -OCH3 is 1. The Morgan fingerprint density at radius 1 is 1.14 bits per heavy atom. The number of pyridine rings is 1. The highest BCUT2D eigenvalue weighted by atomic mass is 32.2. The third-order valence-electron chi connectivity index (χ3n) is 3.97. The van der Waals surface area contributed by atoms with Crippen molar-refractivity contribution in [3.05, 3.63) is 54.3 Å². The van der Waals surface area contributed by atoms with Crippen LogP contribution >= 0.6 is 11.8 Å². The molecule has 0 aliphatic carbocycles. The van der Waals surface area contributed by atoms with Crippen molar-refractivity contribution in [3.8, 4) is 11.5 Å². The minimum Gasteiger partial charge on any atom is -0.468 e.